The lowest BCUT2D eigenvalue weighted by atomic mass is 9.48. The number of carbonyl (C=O) groups is 2. The number of piperidine rings is 1. The predicted molar refractivity (Wildman–Crippen MR) is 103 cm³/mol. The van der Waals surface area contributed by atoms with Gasteiger partial charge in [0.15, 0.2) is 0 Å². The summed E-state index contributed by atoms with van der Waals surface area (Å²) >= 11 is 0. The maximum absolute atomic E-state index is 12.9. The Labute approximate surface area is 170 Å². The standard InChI is InChI=1S/C22H31F3N2O2/c1-14(21-11-15-8-16(12-21)10-17(9-15)13-21)26-20(29)18-2-5-27(6-3-18)7-4-19(28)22(23,24)25/h4,7,14-18H,2-3,5-6,8-13H2,1H3,(H,26,29)/b7-4+/t14-,15?,16?,17?,21?/m1/s1. The van der Waals surface area contributed by atoms with Crippen molar-refractivity contribution in [3.63, 3.8) is 0 Å². The summed E-state index contributed by atoms with van der Waals surface area (Å²) in [5, 5.41) is 3.31. The fourth-order valence-electron chi connectivity index (χ4n) is 6.77. The molecule has 4 bridgehead atoms. The minimum Gasteiger partial charge on any atom is -0.377 e. The molecular formula is C22H31F3N2O2. The van der Waals surface area contributed by atoms with Crippen LogP contribution < -0.4 is 5.32 Å². The van der Waals surface area contributed by atoms with Gasteiger partial charge in [0.2, 0.25) is 5.91 Å². The average molecular weight is 412 g/mol. The first kappa shape index (κ1) is 20.7. The van der Waals surface area contributed by atoms with E-state index in [0.717, 1.165) is 17.8 Å². The highest BCUT2D eigenvalue weighted by Gasteiger charge is 2.53. The van der Waals surface area contributed by atoms with Crippen molar-refractivity contribution in [3.8, 4) is 0 Å². The second kappa shape index (κ2) is 7.62. The largest absolute Gasteiger partial charge is 0.454 e. The number of hydrogen-bond donors (Lipinski definition) is 1. The Morgan fingerprint density at radius 2 is 1.55 bits per heavy atom. The zero-order chi connectivity index (χ0) is 20.8. The fraction of sp³-hybridized carbons (Fsp3) is 0.818. The number of ketones is 1. The molecule has 29 heavy (non-hydrogen) atoms. The molecular weight excluding hydrogens is 381 g/mol. The number of halogens is 3. The molecule has 5 rings (SSSR count). The molecule has 1 aliphatic heterocycles. The summed E-state index contributed by atoms with van der Waals surface area (Å²) in [6.45, 7) is 3.16. The summed E-state index contributed by atoms with van der Waals surface area (Å²) in [6, 6.07) is 0.186. The van der Waals surface area contributed by atoms with Crippen LogP contribution in [-0.2, 0) is 9.59 Å². The number of carbonyl (C=O) groups excluding carboxylic acids is 2. The Hall–Kier alpha value is -1.53. The Morgan fingerprint density at radius 3 is 2.03 bits per heavy atom. The van der Waals surface area contributed by atoms with E-state index in [1.165, 1.54) is 44.7 Å². The van der Waals surface area contributed by atoms with Crippen LogP contribution in [0.3, 0.4) is 0 Å². The van der Waals surface area contributed by atoms with Gasteiger partial charge in [-0.2, -0.15) is 13.2 Å². The number of likely N-dealkylation sites (tertiary alicyclic amines) is 1. The van der Waals surface area contributed by atoms with Crippen molar-refractivity contribution in [2.45, 2.75) is 70.5 Å². The van der Waals surface area contributed by atoms with Crippen LogP contribution >= 0.6 is 0 Å². The van der Waals surface area contributed by atoms with Crippen LogP contribution in [0.4, 0.5) is 13.2 Å². The van der Waals surface area contributed by atoms with Crippen molar-refractivity contribution in [1.82, 2.24) is 10.2 Å². The van der Waals surface area contributed by atoms with E-state index in [9.17, 15) is 22.8 Å². The third kappa shape index (κ3) is 4.33. The van der Waals surface area contributed by atoms with E-state index < -0.39 is 12.0 Å². The average Bonchev–Trinajstić information content (AvgIpc) is 2.64. The van der Waals surface area contributed by atoms with Gasteiger partial charge in [-0.15, -0.1) is 0 Å². The lowest BCUT2D eigenvalue weighted by Gasteiger charge is -2.59. The molecule has 5 aliphatic rings. The topological polar surface area (TPSA) is 49.4 Å². The van der Waals surface area contributed by atoms with Crippen LogP contribution in [0.1, 0.15) is 58.3 Å². The zero-order valence-corrected chi connectivity index (χ0v) is 17.0. The maximum Gasteiger partial charge on any atom is 0.454 e. The molecule has 0 radical (unpaired) electrons. The smallest absolute Gasteiger partial charge is 0.377 e. The van der Waals surface area contributed by atoms with E-state index in [1.54, 1.807) is 4.90 Å². The second-order valence-electron chi connectivity index (χ2n) is 10.00. The summed E-state index contributed by atoms with van der Waals surface area (Å²) in [6.07, 6.45) is 6.03. The van der Waals surface area contributed by atoms with Gasteiger partial charge in [0, 0.05) is 37.3 Å². The van der Waals surface area contributed by atoms with E-state index >= 15 is 0 Å². The summed E-state index contributed by atoms with van der Waals surface area (Å²) in [5.74, 6) is 0.666. The lowest BCUT2D eigenvalue weighted by Crippen LogP contribution is -2.56. The Kier molecular flexibility index (Phi) is 5.45. The van der Waals surface area contributed by atoms with Crippen LogP contribution in [0, 0.1) is 29.1 Å². The first-order chi connectivity index (χ1) is 13.6. The molecule has 4 nitrogen and oxygen atoms in total. The summed E-state index contributed by atoms with van der Waals surface area (Å²) < 4.78 is 36.9. The first-order valence-electron chi connectivity index (χ1n) is 11.0. The number of rotatable bonds is 5. The van der Waals surface area contributed by atoms with Gasteiger partial charge in [-0.3, -0.25) is 9.59 Å². The quantitative estimate of drug-likeness (QED) is 0.693. The van der Waals surface area contributed by atoms with E-state index in [4.69, 9.17) is 0 Å². The van der Waals surface area contributed by atoms with Gasteiger partial charge in [-0.25, -0.2) is 0 Å². The molecule has 162 valence electrons. The molecule has 0 aromatic heterocycles. The third-order valence-electron chi connectivity index (χ3n) is 7.98. The molecule has 1 saturated heterocycles. The highest BCUT2D eigenvalue weighted by atomic mass is 19.4. The van der Waals surface area contributed by atoms with E-state index in [1.807, 2.05) is 0 Å². The van der Waals surface area contributed by atoms with Gasteiger partial charge >= 0.3 is 6.18 Å². The first-order valence-corrected chi connectivity index (χ1v) is 11.0. The molecule has 4 aliphatic carbocycles. The second-order valence-corrected chi connectivity index (χ2v) is 10.00. The number of alkyl halides is 3. The molecule has 5 fully saturated rings. The summed E-state index contributed by atoms with van der Waals surface area (Å²) in [5.41, 5.74) is 0.270. The van der Waals surface area contributed by atoms with Gasteiger partial charge < -0.3 is 10.2 Å². The number of nitrogens with one attached hydrogen (secondary N) is 1. The molecule has 1 N–H and O–H groups in total. The van der Waals surface area contributed by atoms with E-state index in [2.05, 4.69) is 12.2 Å². The van der Waals surface area contributed by atoms with Crippen molar-refractivity contribution >= 4 is 11.7 Å². The van der Waals surface area contributed by atoms with Crippen molar-refractivity contribution in [3.05, 3.63) is 12.3 Å². The van der Waals surface area contributed by atoms with Crippen molar-refractivity contribution in [2.75, 3.05) is 13.1 Å². The fourth-order valence-corrected chi connectivity index (χ4v) is 6.77. The van der Waals surface area contributed by atoms with E-state index in [-0.39, 0.29) is 23.3 Å². The molecule has 0 aromatic rings. The van der Waals surface area contributed by atoms with Gasteiger partial charge in [-0.1, -0.05) is 0 Å². The molecule has 0 spiro atoms. The normalized spacial score (nSPS) is 35.9. The number of nitrogens with zero attached hydrogens (tertiary/aromatic N) is 1. The minimum atomic E-state index is -4.83. The third-order valence-corrected chi connectivity index (χ3v) is 7.98. The molecule has 4 saturated carbocycles. The predicted octanol–water partition coefficient (Wildman–Crippen LogP) is 4.06. The number of amides is 1. The molecule has 0 aromatic carbocycles. The van der Waals surface area contributed by atoms with E-state index in [0.29, 0.717) is 32.0 Å². The van der Waals surface area contributed by atoms with Gasteiger partial charge in [0.1, 0.15) is 0 Å². The molecule has 1 amide bonds. The van der Waals surface area contributed by atoms with Crippen LogP contribution in [0.25, 0.3) is 0 Å². The Morgan fingerprint density at radius 1 is 1.03 bits per heavy atom. The molecule has 1 heterocycles. The number of allylic oxidation sites excluding steroid dienone is 1. The minimum absolute atomic E-state index is 0.0863. The molecule has 1 atom stereocenters. The van der Waals surface area contributed by atoms with Gasteiger partial charge in [0.05, 0.1) is 0 Å². The van der Waals surface area contributed by atoms with Crippen molar-refractivity contribution in [1.29, 1.82) is 0 Å². The van der Waals surface area contributed by atoms with Crippen LogP contribution in [-0.4, -0.2) is 41.9 Å². The highest BCUT2D eigenvalue weighted by Crippen LogP contribution is 2.61. The van der Waals surface area contributed by atoms with Gasteiger partial charge in [0.25, 0.3) is 5.78 Å². The highest BCUT2D eigenvalue weighted by molar-refractivity contribution is 5.94. The maximum atomic E-state index is 12.9. The Balaban J connectivity index is 1.27. The summed E-state index contributed by atoms with van der Waals surface area (Å²) in [7, 11) is 0. The molecule has 7 heteroatoms. The Bertz CT molecular complexity index is 645. The molecule has 0 unspecified atom stereocenters. The number of hydrogen-bond acceptors (Lipinski definition) is 3. The van der Waals surface area contributed by atoms with Gasteiger partial charge in [-0.05, 0) is 81.5 Å². The van der Waals surface area contributed by atoms with Crippen molar-refractivity contribution in [2.24, 2.45) is 29.1 Å². The van der Waals surface area contributed by atoms with Crippen LogP contribution in [0.5, 0.6) is 0 Å². The summed E-state index contributed by atoms with van der Waals surface area (Å²) in [4.78, 5) is 25.5. The van der Waals surface area contributed by atoms with Crippen molar-refractivity contribution < 1.29 is 22.8 Å². The lowest BCUT2D eigenvalue weighted by molar-refractivity contribution is -0.165. The van der Waals surface area contributed by atoms with Crippen LogP contribution in [0.2, 0.25) is 0 Å². The monoisotopic (exact) mass is 412 g/mol. The SMILES string of the molecule is C[C@@H](NC(=O)C1CCN(/C=C/C(=O)C(F)(F)F)CC1)C12CC3CC(CC(C3)C1)C2. The van der Waals surface area contributed by atoms with Crippen LogP contribution in [0.15, 0.2) is 12.3 Å². The zero-order valence-electron chi connectivity index (χ0n) is 17.0.